The van der Waals surface area contributed by atoms with Crippen molar-refractivity contribution in [3.05, 3.63) is 70.7 Å². The quantitative estimate of drug-likeness (QED) is 0.750. The SMILES string of the molecule is N=C(c1ccc(Cl)cc1)C(O)(CN)c1ccccc1. The smallest absolute Gasteiger partial charge is 0.143 e. The molecule has 0 amide bonds. The van der Waals surface area contributed by atoms with E-state index in [1.165, 1.54) is 0 Å². The highest BCUT2D eigenvalue weighted by molar-refractivity contribution is 6.30. The summed E-state index contributed by atoms with van der Waals surface area (Å²) in [5.74, 6) is 0. The fourth-order valence-corrected chi connectivity index (χ4v) is 2.06. The number of benzene rings is 2. The maximum atomic E-state index is 10.7. The summed E-state index contributed by atoms with van der Waals surface area (Å²) in [7, 11) is 0. The first-order chi connectivity index (χ1) is 9.08. The maximum absolute atomic E-state index is 10.7. The zero-order chi connectivity index (χ0) is 13.9. The topological polar surface area (TPSA) is 70.1 Å². The van der Waals surface area contributed by atoms with Crippen molar-refractivity contribution in [1.82, 2.24) is 0 Å². The molecule has 4 heteroatoms. The third-order valence-corrected chi connectivity index (χ3v) is 3.35. The highest BCUT2D eigenvalue weighted by Gasteiger charge is 2.33. The highest BCUT2D eigenvalue weighted by Crippen LogP contribution is 2.25. The van der Waals surface area contributed by atoms with Gasteiger partial charge in [0.2, 0.25) is 0 Å². The summed E-state index contributed by atoms with van der Waals surface area (Å²) in [4.78, 5) is 0. The van der Waals surface area contributed by atoms with Crippen LogP contribution < -0.4 is 5.73 Å². The Kier molecular flexibility index (Phi) is 4.00. The van der Waals surface area contributed by atoms with Gasteiger partial charge in [-0.3, -0.25) is 0 Å². The van der Waals surface area contributed by atoms with Crippen LogP contribution in [0, 0.1) is 5.41 Å². The van der Waals surface area contributed by atoms with Crippen LogP contribution in [-0.2, 0) is 5.60 Å². The van der Waals surface area contributed by atoms with Gasteiger partial charge in [0.05, 0.1) is 5.71 Å². The standard InChI is InChI=1S/C15H15ClN2O/c16-13-8-6-11(7-9-13)14(18)15(19,10-17)12-4-2-1-3-5-12/h1-9,18-19H,10,17H2. The van der Waals surface area contributed by atoms with Crippen molar-refractivity contribution in [2.75, 3.05) is 6.54 Å². The van der Waals surface area contributed by atoms with Crippen molar-refractivity contribution in [2.24, 2.45) is 5.73 Å². The molecule has 0 heterocycles. The second-order valence-corrected chi connectivity index (χ2v) is 4.75. The number of nitrogens with two attached hydrogens (primary N) is 1. The van der Waals surface area contributed by atoms with Crippen molar-refractivity contribution in [3.8, 4) is 0 Å². The minimum Gasteiger partial charge on any atom is -0.377 e. The zero-order valence-corrected chi connectivity index (χ0v) is 11.1. The fraction of sp³-hybridized carbons (Fsp3) is 0.133. The van der Waals surface area contributed by atoms with Crippen LogP contribution in [0.5, 0.6) is 0 Å². The first kappa shape index (κ1) is 13.7. The lowest BCUT2D eigenvalue weighted by atomic mass is 9.85. The molecule has 0 aliphatic carbocycles. The number of hydrogen-bond donors (Lipinski definition) is 3. The van der Waals surface area contributed by atoms with Gasteiger partial charge in [0.25, 0.3) is 0 Å². The molecule has 2 aromatic carbocycles. The van der Waals surface area contributed by atoms with Gasteiger partial charge >= 0.3 is 0 Å². The van der Waals surface area contributed by atoms with Crippen LogP contribution in [0.4, 0.5) is 0 Å². The average Bonchev–Trinajstić information content (AvgIpc) is 2.47. The van der Waals surface area contributed by atoms with Crippen LogP contribution in [0.15, 0.2) is 54.6 Å². The molecule has 0 aromatic heterocycles. The molecule has 0 saturated heterocycles. The molecule has 0 fully saturated rings. The van der Waals surface area contributed by atoms with E-state index in [0.717, 1.165) is 0 Å². The molecule has 0 saturated carbocycles. The van der Waals surface area contributed by atoms with E-state index in [1.807, 2.05) is 18.2 Å². The molecule has 98 valence electrons. The van der Waals surface area contributed by atoms with Gasteiger partial charge < -0.3 is 16.2 Å². The Morgan fingerprint density at radius 2 is 1.68 bits per heavy atom. The van der Waals surface area contributed by atoms with Crippen LogP contribution in [0.3, 0.4) is 0 Å². The van der Waals surface area contributed by atoms with Crippen molar-refractivity contribution >= 4 is 17.3 Å². The highest BCUT2D eigenvalue weighted by atomic mass is 35.5. The van der Waals surface area contributed by atoms with Gasteiger partial charge in [-0.2, -0.15) is 0 Å². The van der Waals surface area contributed by atoms with Crippen LogP contribution in [0.1, 0.15) is 11.1 Å². The molecular formula is C15H15ClN2O. The summed E-state index contributed by atoms with van der Waals surface area (Å²) in [5.41, 5.74) is 5.47. The lowest BCUT2D eigenvalue weighted by Gasteiger charge is -2.28. The molecule has 2 rings (SSSR count). The Hall–Kier alpha value is -1.68. The molecule has 0 radical (unpaired) electrons. The third kappa shape index (κ3) is 2.68. The second kappa shape index (κ2) is 5.53. The fourth-order valence-electron chi connectivity index (χ4n) is 1.93. The number of nitrogens with one attached hydrogen (secondary N) is 1. The number of aliphatic hydroxyl groups is 1. The average molecular weight is 275 g/mol. The van der Waals surface area contributed by atoms with Gasteiger partial charge in [0, 0.05) is 11.6 Å². The van der Waals surface area contributed by atoms with E-state index in [2.05, 4.69) is 0 Å². The summed E-state index contributed by atoms with van der Waals surface area (Å²) in [6, 6.07) is 15.8. The lowest BCUT2D eigenvalue weighted by Crippen LogP contribution is -2.43. The van der Waals surface area contributed by atoms with E-state index in [4.69, 9.17) is 22.7 Å². The number of hydrogen-bond acceptors (Lipinski definition) is 3. The van der Waals surface area contributed by atoms with E-state index in [-0.39, 0.29) is 12.3 Å². The van der Waals surface area contributed by atoms with Crippen molar-refractivity contribution in [3.63, 3.8) is 0 Å². The van der Waals surface area contributed by atoms with Gasteiger partial charge in [-0.05, 0) is 23.3 Å². The Morgan fingerprint density at radius 1 is 1.11 bits per heavy atom. The molecule has 2 aromatic rings. The number of halogens is 1. The van der Waals surface area contributed by atoms with E-state index >= 15 is 0 Å². The minimum absolute atomic E-state index is 0.0571. The summed E-state index contributed by atoms with van der Waals surface area (Å²) >= 11 is 5.82. The first-order valence-electron chi connectivity index (χ1n) is 5.91. The Balaban J connectivity index is 2.41. The van der Waals surface area contributed by atoms with Crippen LogP contribution in [0.25, 0.3) is 0 Å². The predicted octanol–water partition coefficient (Wildman–Crippen LogP) is 2.55. The summed E-state index contributed by atoms with van der Waals surface area (Å²) in [6.45, 7) is -0.0571. The second-order valence-electron chi connectivity index (χ2n) is 4.31. The summed E-state index contributed by atoms with van der Waals surface area (Å²) in [6.07, 6.45) is 0. The van der Waals surface area contributed by atoms with Gasteiger partial charge in [0.1, 0.15) is 5.60 Å². The Morgan fingerprint density at radius 3 is 2.21 bits per heavy atom. The Bertz CT molecular complexity index is 568. The van der Waals surface area contributed by atoms with Crippen LogP contribution in [0.2, 0.25) is 5.02 Å². The van der Waals surface area contributed by atoms with E-state index < -0.39 is 5.60 Å². The Labute approximate surface area is 117 Å². The van der Waals surface area contributed by atoms with Crippen molar-refractivity contribution < 1.29 is 5.11 Å². The van der Waals surface area contributed by atoms with Crippen LogP contribution >= 0.6 is 11.6 Å². The van der Waals surface area contributed by atoms with Gasteiger partial charge in [-0.15, -0.1) is 0 Å². The maximum Gasteiger partial charge on any atom is 0.143 e. The van der Waals surface area contributed by atoms with E-state index in [1.54, 1.807) is 36.4 Å². The molecule has 3 nitrogen and oxygen atoms in total. The van der Waals surface area contributed by atoms with Gasteiger partial charge in [0.15, 0.2) is 0 Å². The van der Waals surface area contributed by atoms with E-state index in [9.17, 15) is 5.11 Å². The third-order valence-electron chi connectivity index (χ3n) is 3.09. The lowest BCUT2D eigenvalue weighted by molar-refractivity contribution is 0.120. The summed E-state index contributed by atoms with van der Waals surface area (Å²) in [5, 5.41) is 19.5. The molecule has 0 bridgehead atoms. The normalized spacial score (nSPS) is 13.8. The zero-order valence-electron chi connectivity index (χ0n) is 10.3. The molecule has 1 atom stereocenters. The molecule has 1 unspecified atom stereocenters. The molecule has 0 aliphatic rings. The van der Waals surface area contributed by atoms with Gasteiger partial charge in [-0.1, -0.05) is 54.1 Å². The summed E-state index contributed by atoms with van der Waals surface area (Å²) < 4.78 is 0. The molecular weight excluding hydrogens is 260 g/mol. The predicted molar refractivity (Wildman–Crippen MR) is 77.7 cm³/mol. The molecule has 0 spiro atoms. The molecule has 4 N–H and O–H groups in total. The monoisotopic (exact) mass is 274 g/mol. The van der Waals surface area contributed by atoms with Crippen LogP contribution in [-0.4, -0.2) is 17.4 Å². The molecule has 0 aliphatic heterocycles. The number of rotatable bonds is 4. The van der Waals surface area contributed by atoms with Gasteiger partial charge in [-0.25, -0.2) is 0 Å². The largest absolute Gasteiger partial charge is 0.377 e. The van der Waals surface area contributed by atoms with Crippen molar-refractivity contribution in [1.29, 1.82) is 5.41 Å². The van der Waals surface area contributed by atoms with Crippen molar-refractivity contribution in [2.45, 2.75) is 5.60 Å². The van der Waals surface area contributed by atoms with E-state index in [0.29, 0.717) is 16.1 Å². The molecule has 19 heavy (non-hydrogen) atoms. The first-order valence-corrected chi connectivity index (χ1v) is 6.28. The minimum atomic E-state index is -1.49.